The molecule has 0 radical (unpaired) electrons. The number of halogens is 1. The normalized spacial score (nSPS) is 28.3. The van der Waals surface area contributed by atoms with E-state index in [1.165, 1.54) is 11.1 Å². The number of nitrogens with one attached hydrogen (secondary N) is 1. The van der Waals surface area contributed by atoms with Gasteiger partial charge in [-0.25, -0.2) is 0 Å². The van der Waals surface area contributed by atoms with Crippen molar-refractivity contribution in [2.45, 2.75) is 37.6 Å². The maximum absolute atomic E-state index is 13.4. The van der Waals surface area contributed by atoms with Gasteiger partial charge in [-0.15, -0.1) is 0 Å². The Balaban J connectivity index is 1.47. The summed E-state index contributed by atoms with van der Waals surface area (Å²) >= 11 is 3.67. The summed E-state index contributed by atoms with van der Waals surface area (Å²) in [5.74, 6) is 1.15. The Kier molecular flexibility index (Phi) is 5.65. The smallest absolute Gasteiger partial charge is 0.227 e. The SMILES string of the molecule is C[C@@H]1C[C@H](c2ccccc2)CCN1C(=O)[C@@H]1CNC[C@H]1c1ccccc1Br. The number of carbonyl (C=O) groups is 1. The zero-order valence-electron chi connectivity index (χ0n) is 15.8. The zero-order chi connectivity index (χ0) is 18.8. The van der Waals surface area contributed by atoms with Crippen molar-refractivity contribution in [1.29, 1.82) is 0 Å². The summed E-state index contributed by atoms with van der Waals surface area (Å²) in [7, 11) is 0. The third kappa shape index (κ3) is 3.83. The topological polar surface area (TPSA) is 32.3 Å². The summed E-state index contributed by atoms with van der Waals surface area (Å²) in [6.07, 6.45) is 2.11. The van der Waals surface area contributed by atoms with E-state index < -0.39 is 0 Å². The van der Waals surface area contributed by atoms with E-state index in [9.17, 15) is 4.79 Å². The summed E-state index contributed by atoms with van der Waals surface area (Å²) in [6.45, 7) is 4.71. The highest BCUT2D eigenvalue weighted by Gasteiger charge is 2.40. The minimum Gasteiger partial charge on any atom is -0.340 e. The lowest BCUT2D eigenvalue weighted by atomic mass is 9.83. The van der Waals surface area contributed by atoms with E-state index >= 15 is 0 Å². The Morgan fingerprint density at radius 1 is 1.07 bits per heavy atom. The van der Waals surface area contributed by atoms with Gasteiger partial charge in [0.25, 0.3) is 0 Å². The van der Waals surface area contributed by atoms with Gasteiger partial charge in [-0.05, 0) is 42.9 Å². The monoisotopic (exact) mass is 426 g/mol. The van der Waals surface area contributed by atoms with Gasteiger partial charge in [0.05, 0.1) is 5.92 Å². The zero-order valence-corrected chi connectivity index (χ0v) is 17.4. The Bertz CT molecular complexity index is 794. The molecule has 1 N–H and O–H groups in total. The van der Waals surface area contributed by atoms with Gasteiger partial charge in [0, 0.05) is 36.1 Å². The summed E-state index contributed by atoms with van der Waals surface area (Å²) in [6, 6.07) is 19.3. The van der Waals surface area contributed by atoms with Crippen molar-refractivity contribution in [3.63, 3.8) is 0 Å². The maximum Gasteiger partial charge on any atom is 0.227 e. The number of nitrogens with zero attached hydrogens (tertiary/aromatic N) is 1. The first-order valence-corrected chi connectivity index (χ1v) is 10.7. The number of piperidine rings is 1. The molecule has 2 fully saturated rings. The molecule has 0 unspecified atom stereocenters. The second-order valence-electron chi connectivity index (χ2n) is 7.91. The number of likely N-dealkylation sites (tertiary alicyclic amines) is 1. The summed E-state index contributed by atoms with van der Waals surface area (Å²) in [5.41, 5.74) is 2.65. The van der Waals surface area contributed by atoms with Crippen LogP contribution in [0.1, 0.15) is 42.7 Å². The maximum atomic E-state index is 13.4. The minimum absolute atomic E-state index is 0.0272. The average molecular weight is 427 g/mol. The van der Waals surface area contributed by atoms with Crippen LogP contribution in [0.15, 0.2) is 59.1 Å². The van der Waals surface area contributed by atoms with Crippen molar-refractivity contribution in [2.24, 2.45) is 5.92 Å². The molecule has 2 aliphatic heterocycles. The Morgan fingerprint density at radius 2 is 1.81 bits per heavy atom. The van der Waals surface area contributed by atoms with Crippen molar-refractivity contribution in [2.75, 3.05) is 19.6 Å². The van der Waals surface area contributed by atoms with Crippen LogP contribution in [0.3, 0.4) is 0 Å². The predicted molar refractivity (Wildman–Crippen MR) is 113 cm³/mol. The molecule has 2 aromatic carbocycles. The summed E-state index contributed by atoms with van der Waals surface area (Å²) in [5, 5.41) is 3.45. The summed E-state index contributed by atoms with van der Waals surface area (Å²) < 4.78 is 1.10. The largest absolute Gasteiger partial charge is 0.340 e. The molecule has 4 heteroatoms. The molecule has 27 heavy (non-hydrogen) atoms. The lowest BCUT2D eigenvalue weighted by molar-refractivity contribution is -0.138. The van der Waals surface area contributed by atoms with E-state index in [2.05, 4.69) is 81.6 Å². The summed E-state index contributed by atoms with van der Waals surface area (Å²) in [4.78, 5) is 15.6. The predicted octanol–water partition coefficient (Wildman–Crippen LogP) is 4.55. The molecule has 1 amide bonds. The highest BCUT2D eigenvalue weighted by Crippen LogP contribution is 2.37. The number of rotatable bonds is 3. The van der Waals surface area contributed by atoms with Crippen molar-refractivity contribution in [1.82, 2.24) is 10.2 Å². The van der Waals surface area contributed by atoms with Gasteiger partial charge in [0.1, 0.15) is 0 Å². The first kappa shape index (κ1) is 18.7. The van der Waals surface area contributed by atoms with Crippen LogP contribution in [-0.4, -0.2) is 36.5 Å². The third-order valence-electron chi connectivity index (χ3n) is 6.27. The van der Waals surface area contributed by atoms with Crippen molar-refractivity contribution in [3.8, 4) is 0 Å². The standard InChI is InChI=1S/C23H27BrN2O/c1-16-13-18(17-7-3-2-4-8-17)11-12-26(16)23(27)21-15-25-14-20(21)19-9-5-6-10-22(19)24/h2-10,16,18,20-21,25H,11-15H2,1H3/t16-,18-,20+,21-/m1/s1. The Hall–Kier alpha value is -1.65. The number of benzene rings is 2. The molecule has 142 valence electrons. The number of hydrogen-bond donors (Lipinski definition) is 1. The number of amides is 1. The second-order valence-corrected chi connectivity index (χ2v) is 8.76. The molecular formula is C23H27BrN2O. The number of hydrogen-bond acceptors (Lipinski definition) is 2. The van der Waals surface area contributed by atoms with Gasteiger partial charge in [-0.2, -0.15) is 0 Å². The molecule has 4 atom stereocenters. The molecule has 0 aliphatic carbocycles. The Labute approximate surface area is 170 Å². The Morgan fingerprint density at radius 3 is 2.56 bits per heavy atom. The quantitative estimate of drug-likeness (QED) is 0.780. The molecule has 4 rings (SSSR count). The molecule has 2 aromatic rings. The van der Waals surface area contributed by atoms with E-state index in [1.807, 2.05) is 6.07 Å². The van der Waals surface area contributed by atoms with Gasteiger partial charge in [-0.3, -0.25) is 4.79 Å². The fraction of sp³-hybridized carbons (Fsp3) is 0.435. The molecule has 3 nitrogen and oxygen atoms in total. The van der Waals surface area contributed by atoms with Crippen LogP contribution < -0.4 is 5.32 Å². The lowest BCUT2D eigenvalue weighted by Gasteiger charge is -2.40. The molecule has 2 aliphatic rings. The van der Waals surface area contributed by atoms with E-state index in [-0.39, 0.29) is 17.9 Å². The molecule has 0 aromatic heterocycles. The molecular weight excluding hydrogens is 400 g/mol. The third-order valence-corrected chi connectivity index (χ3v) is 6.99. The molecule has 0 spiro atoms. The number of carbonyl (C=O) groups excluding carboxylic acids is 1. The first-order valence-electron chi connectivity index (χ1n) is 9.95. The van der Waals surface area contributed by atoms with Crippen LogP contribution in [0.4, 0.5) is 0 Å². The van der Waals surface area contributed by atoms with Gasteiger partial charge < -0.3 is 10.2 Å². The van der Waals surface area contributed by atoms with Crippen molar-refractivity contribution < 1.29 is 4.79 Å². The van der Waals surface area contributed by atoms with Crippen LogP contribution in [0.2, 0.25) is 0 Å². The van der Waals surface area contributed by atoms with Gasteiger partial charge >= 0.3 is 0 Å². The van der Waals surface area contributed by atoms with E-state index in [0.29, 0.717) is 11.8 Å². The van der Waals surface area contributed by atoms with E-state index in [4.69, 9.17) is 0 Å². The van der Waals surface area contributed by atoms with Crippen molar-refractivity contribution >= 4 is 21.8 Å². The van der Waals surface area contributed by atoms with E-state index in [0.717, 1.165) is 36.9 Å². The molecule has 0 saturated carbocycles. The van der Waals surface area contributed by atoms with E-state index in [1.54, 1.807) is 0 Å². The van der Waals surface area contributed by atoms with Crippen LogP contribution in [0.5, 0.6) is 0 Å². The molecule has 2 saturated heterocycles. The first-order chi connectivity index (χ1) is 13.1. The lowest BCUT2D eigenvalue weighted by Crippen LogP contribution is -2.48. The fourth-order valence-electron chi connectivity index (χ4n) is 4.78. The highest BCUT2D eigenvalue weighted by molar-refractivity contribution is 9.10. The molecule has 0 bridgehead atoms. The van der Waals surface area contributed by atoms with Crippen LogP contribution >= 0.6 is 15.9 Å². The van der Waals surface area contributed by atoms with Gasteiger partial charge in [0.15, 0.2) is 0 Å². The van der Waals surface area contributed by atoms with Crippen LogP contribution in [0, 0.1) is 5.92 Å². The minimum atomic E-state index is 0.0272. The van der Waals surface area contributed by atoms with Crippen LogP contribution in [-0.2, 0) is 4.79 Å². The van der Waals surface area contributed by atoms with Gasteiger partial charge in [0.2, 0.25) is 5.91 Å². The highest BCUT2D eigenvalue weighted by atomic mass is 79.9. The second kappa shape index (κ2) is 8.15. The average Bonchev–Trinajstić information content (AvgIpc) is 3.18. The van der Waals surface area contributed by atoms with Crippen LogP contribution in [0.25, 0.3) is 0 Å². The fourth-order valence-corrected chi connectivity index (χ4v) is 5.36. The van der Waals surface area contributed by atoms with Gasteiger partial charge in [-0.1, -0.05) is 64.5 Å². The van der Waals surface area contributed by atoms with Crippen molar-refractivity contribution in [3.05, 3.63) is 70.2 Å². The molecule has 2 heterocycles.